The minimum absolute atomic E-state index is 0.239. The number of hydrogen-bond donors (Lipinski definition) is 1. The number of nitrogens with one attached hydrogen (secondary N) is 1. The Morgan fingerprint density at radius 3 is 2.53 bits per heavy atom. The van der Waals surface area contributed by atoms with Crippen molar-refractivity contribution in [1.29, 1.82) is 0 Å². The molecule has 0 aromatic heterocycles. The van der Waals surface area contributed by atoms with Crippen molar-refractivity contribution in [1.82, 2.24) is 15.1 Å². The van der Waals surface area contributed by atoms with Crippen molar-refractivity contribution in [2.45, 2.75) is 45.6 Å². The third-order valence-corrected chi connectivity index (χ3v) is 4.70. The Labute approximate surface area is 117 Å². The number of amides is 1. The standard InChI is InChI=1S/C15H29N3O/c1-3-17(4-2)15(19)13-6-5-11-18(12-13)14-7-9-16-10-8-14/h13-14,16H,3-12H2,1-2H3/t13-/m1/s1. The van der Waals surface area contributed by atoms with Gasteiger partial charge in [-0.25, -0.2) is 0 Å². The van der Waals surface area contributed by atoms with Gasteiger partial charge in [-0.15, -0.1) is 0 Å². The van der Waals surface area contributed by atoms with Crippen LogP contribution < -0.4 is 5.32 Å². The fourth-order valence-corrected chi connectivity index (χ4v) is 3.50. The van der Waals surface area contributed by atoms with Crippen LogP contribution in [-0.4, -0.2) is 61.0 Å². The van der Waals surface area contributed by atoms with Gasteiger partial charge in [0.15, 0.2) is 0 Å². The first-order valence-electron chi connectivity index (χ1n) is 7.99. The Balaban J connectivity index is 1.90. The number of nitrogens with zero attached hydrogens (tertiary/aromatic N) is 2. The zero-order valence-corrected chi connectivity index (χ0v) is 12.5. The lowest BCUT2D eigenvalue weighted by Crippen LogP contribution is -2.50. The van der Waals surface area contributed by atoms with E-state index in [2.05, 4.69) is 24.1 Å². The minimum atomic E-state index is 0.239. The van der Waals surface area contributed by atoms with Crippen LogP contribution in [0.4, 0.5) is 0 Å². The molecule has 110 valence electrons. The van der Waals surface area contributed by atoms with Crippen molar-refractivity contribution in [2.75, 3.05) is 39.3 Å². The van der Waals surface area contributed by atoms with Crippen LogP contribution in [0.15, 0.2) is 0 Å². The molecule has 0 radical (unpaired) electrons. The first-order chi connectivity index (χ1) is 9.26. The predicted octanol–water partition coefficient (Wildman–Crippen LogP) is 1.32. The highest BCUT2D eigenvalue weighted by Gasteiger charge is 2.31. The number of rotatable bonds is 4. The van der Waals surface area contributed by atoms with Crippen LogP contribution in [0.3, 0.4) is 0 Å². The lowest BCUT2D eigenvalue weighted by Gasteiger charge is -2.40. The van der Waals surface area contributed by atoms with Gasteiger partial charge in [0, 0.05) is 25.7 Å². The first-order valence-corrected chi connectivity index (χ1v) is 7.99. The van der Waals surface area contributed by atoms with E-state index >= 15 is 0 Å². The third-order valence-electron chi connectivity index (χ3n) is 4.70. The second-order valence-electron chi connectivity index (χ2n) is 5.83. The van der Waals surface area contributed by atoms with Crippen molar-refractivity contribution in [3.63, 3.8) is 0 Å². The molecule has 2 saturated heterocycles. The van der Waals surface area contributed by atoms with Gasteiger partial charge in [0.1, 0.15) is 0 Å². The quantitative estimate of drug-likeness (QED) is 0.834. The van der Waals surface area contributed by atoms with Gasteiger partial charge in [0.25, 0.3) is 0 Å². The smallest absolute Gasteiger partial charge is 0.226 e. The van der Waals surface area contributed by atoms with Gasteiger partial charge < -0.3 is 10.2 Å². The summed E-state index contributed by atoms with van der Waals surface area (Å²) in [5.41, 5.74) is 0. The maximum Gasteiger partial charge on any atom is 0.226 e. The molecule has 0 spiro atoms. The van der Waals surface area contributed by atoms with Crippen molar-refractivity contribution in [3.8, 4) is 0 Å². The summed E-state index contributed by atoms with van der Waals surface area (Å²) in [7, 11) is 0. The van der Waals surface area contributed by atoms with Crippen LogP contribution in [0.2, 0.25) is 0 Å². The third kappa shape index (κ3) is 3.69. The maximum absolute atomic E-state index is 12.5. The monoisotopic (exact) mass is 267 g/mol. The molecule has 2 aliphatic heterocycles. The van der Waals surface area contributed by atoms with Crippen molar-refractivity contribution >= 4 is 5.91 Å². The van der Waals surface area contributed by atoms with Gasteiger partial charge >= 0.3 is 0 Å². The molecule has 1 N–H and O–H groups in total. The van der Waals surface area contributed by atoms with Crippen LogP contribution in [0.1, 0.15) is 39.5 Å². The van der Waals surface area contributed by atoms with E-state index < -0.39 is 0 Å². The summed E-state index contributed by atoms with van der Waals surface area (Å²) in [6.45, 7) is 10.3. The van der Waals surface area contributed by atoms with E-state index in [4.69, 9.17) is 0 Å². The molecule has 1 amide bonds. The summed E-state index contributed by atoms with van der Waals surface area (Å²) in [5, 5.41) is 3.42. The van der Waals surface area contributed by atoms with Crippen molar-refractivity contribution < 1.29 is 4.79 Å². The maximum atomic E-state index is 12.5. The molecule has 0 aromatic rings. The first kappa shape index (κ1) is 14.8. The molecule has 1 atom stereocenters. The number of likely N-dealkylation sites (tertiary alicyclic amines) is 1. The van der Waals surface area contributed by atoms with E-state index in [1.54, 1.807) is 0 Å². The van der Waals surface area contributed by atoms with Gasteiger partial charge in [-0.3, -0.25) is 9.69 Å². The fraction of sp³-hybridized carbons (Fsp3) is 0.933. The predicted molar refractivity (Wildman–Crippen MR) is 78.1 cm³/mol. The molecule has 0 bridgehead atoms. The van der Waals surface area contributed by atoms with Crippen LogP contribution >= 0.6 is 0 Å². The van der Waals surface area contributed by atoms with E-state index in [9.17, 15) is 4.79 Å². The van der Waals surface area contributed by atoms with Crippen LogP contribution in [0, 0.1) is 5.92 Å². The Kier molecular flexibility index (Phi) is 5.64. The summed E-state index contributed by atoms with van der Waals surface area (Å²) in [4.78, 5) is 17.1. The van der Waals surface area contributed by atoms with E-state index in [-0.39, 0.29) is 5.92 Å². The van der Waals surface area contributed by atoms with E-state index in [0.717, 1.165) is 39.1 Å². The minimum Gasteiger partial charge on any atom is -0.343 e. The lowest BCUT2D eigenvalue weighted by atomic mass is 9.93. The van der Waals surface area contributed by atoms with Gasteiger partial charge in [-0.05, 0) is 59.2 Å². The van der Waals surface area contributed by atoms with E-state index in [1.165, 1.54) is 25.8 Å². The molecule has 0 unspecified atom stereocenters. The molecule has 19 heavy (non-hydrogen) atoms. The molecule has 0 aromatic carbocycles. The second-order valence-corrected chi connectivity index (χ2v) is 5.83. The Bertz CT molecular complexity index is 285. The van der Waals surface area contributed by atoms with E-state index in [1.807, 2.05) is 4.90 Å². The number of piperidine rings is 2. The highest BCUT2D eigenvalue weighted by molar-refractivity contribution is 5.79. The zero-order chi connectivity index (χ0) is 13.7. The SMILES string of the molecule is CCN(CC)C(=O)[C@@H]1CCCN(C2CCNCC2)C1. The van der Waals surface area contributed by atoms with Crippen LogP contribution in [0.25, 0.3) is 0 Å². The molecule has 4 nitrogen and oxygen atoms in total. The molecule has 0 aliphatic carbocycles. The summed E-state index contributed by atoms with van der Waals surface area (Å²) in [5.74, 6) is 0.618. The highest BCUT2D eigenvalue weighted by atomic mass is 16.2. The summed E-state index contributed by atoms with van der Waals surface area (Å²) in [6.07, 6.45) is 4.75. The second kappa shape index (κ2) is 7.25. The molecule has 0 saturated carbocycles. The fourth-order valence-electron chi connectivity index (χ4n) is 3.50. The van der Waals surface area contributed by atoms with Gasteiger partial charge in [-0.1, -0.05) is 0 Å². The molecular formula is C15H29N3O. The van der Waals surface area contributed by atoms with Gasteiger partial charge in [-0.2, -0.15) is 0 Å². The van der Waals surface area contributed by atoms with Crippen LogP contribution in [-0.2, 0) is 4.79 Å². The van der Waals surface area contributed by atoms with Crippen molar-refractivity contribution in [2.24, 2.45) is 5.92 Å². The largest absolute Gasteiger partial charge is 0.343 e. The zero-order valence-electron chi connectivity index (χ0n) is 12.5. The molecular weight excluding hydrogens is 238 g/mol. The molecule has 2 heterocycles. The molecule has 4 heteroatoms. The Hall–Kier alpha value is -0.610. The summed E-state index contributed by atoms with van der Waals surface area (Å²) < 4.78 is 0. The van der Waals surface area contributed by atoms with Gasteiger partial charge in [0.05, 0.1) is 5.92 Å². The number of carbonyl (C=O) groups excluding carboxylic acids is 1. The number of carbonyl (C=O) groups is 1. The highest BCUT2D eigenvalue weighted by Crippen LogP contribution is 2.23. The summed E-state index contributed by atoms with van der Waals surface area (Å²) >= 11 is 0. The molecule has 2 aliphatic rings. The van der Waals surface area contributed by atoms with Gasteiger partial charge in [0.2, 0.25) is 5.91 Å². The molecule has 2 rings (SSSR count). The Morgan fingerprint density at radius 2 is 1.89 bits per heavy atom. The van der Waals surface area contributed by atoms with E-state index in [0.29, 0.717) is 11.9 Å². The lowest BCUT2D eigenvalue weighted by molar-refractivity contribution is -0.137. The van der Waals surface area contributed by atoms with Crippen molar-refractivity contribution in [3.05, 3.63) is 0 Å². The normalized spacial score (nSPS) is 26.3. The number of hydrogen-bond acceptors (Lipinski definition) is 3. The Morgan fingerprint density at radius 1 is 1.21 bits per heavy atom. The summed E-state index contributed by atoms with van der Waals surface area (Å²) in [6, 6.07) is 0.702. The topological polar surface area (TPSA) is 35.6 Å². The van der Waals surface area contributed by atoms with Crippen LogP contribution in [0.5, 0.6) is 0 Å². The average molecular weight is 267 g/mol. The average Bonchev–Trinajstić information content (AvgIpc) is 2.49. The molecule has 2 fully saturated rings.